The van der Waals surface area contributed by atoms with E-state index < -0.39 is 16.6 Å². The maximum atomic E-state index is 8.67. The van der Waals surface area contributed by atoms with E-state index in [1.54, 1.807) is 12.1 Å². The normalized spacial score (nSPS) is 10.8. The lowest BCUT2D eigenvalue weighted by molar-refractivity contribution is 0.404. The molecule has 0 amide bonds. The van der Waals surface area contributed by atoms with Crippen molar-refractivity contribution in [1.82, 2.24) is 0 Å². The second-order valence-electron chi connectivity index (χ2n) is 6.91. The van der Waals surface area contributed by atoms with Gasteiger partial charge in [-0.3, -0.25) is 0 Å². The molecule has 29 heavy (non-hydrogen) atoms. The molecule has 1 aromatic rings. The van der Waals surface area contributed by atoms with E-state index in [2.05, 4.69) is 39.5 Å². The smallest absolute Gasteiger partial charge is 0.191 e. The Morgan fingerprint density at radius 1 is 0.586 bits per heavy atom. The van der Waals surface area contributed by atoms with Crippen molar-refractivity contribution in [3.63, 3.8) is 0 Å². The van der Waals surface area contributed by atoms with Gasteiger partial charge in [0.1, 0.15) is 0 Å². The molecule has 2 N–H and O–H groups in total. The second kappa shape index (κ2) is 14.6. The summed E-state index contributed by atoms with van der Waals surface area (Å²) in [5.41, 5.74) is 0. The number of allylic oxidation sites excluding steroid dienone is 6. The molecule has 158 valence electrons. The van der Waals surface area contributed by atoms with Gasteiger partial charge in [-0.15, -0.1) is 39.5 Å². The quantitative estimate of drug-likeness (QED) is 0.189. The van der Waals surface area contributed by atoms with Gasteiger partial charge in [-0.25, -0.2) is 0 Å². The van der Waals surface area contributed by atoms with E-state index in [0.717, 1.165) is 36.3 Å². The summed E-state index contributed by atoms with van der Waals surface area (Å²) < 4.78 is 6.92. The Bertz CT molecular complexity index is 572. The molecular formula is C24H36O3Si2. The van der Waals surface area contributed by atoms with Crippen LogP contribution in [0.1, 0.15) is 0 Å². The highest BCUT2D eigenvalue weighted by Crippen LogP contribution is 2.34. The first kappa shape index (κ1) is 26.7. The summed E-state index contributed by atoms with van der Waals surface area (Å²) in [6.45, 7) is 23.5. The van der Waals surface area contributed by atoms with Crippen molar-refractivity contribution in [2.45, 2.75) is 36.3 Å². The lowest BCUT2D eigenvalue weighted by Crippen LogP contribution is -2.50. The number of phenols is 2. The zero-order chi connectivity index (χ0) is 22.2. The highest BCUT2D eigenvalue weighted by Gasteiger charge is 2.41. The molecule has 5 heteroatoms. The van der Waals surface area contributed by atoms with E-state index >= 15 is 0 Å². The summed E-state index contributed by atoms with van der Waals surface area (Å²) in [7, 11) is -3.96. The molecule has 0 saturated heterocycles. The molecule has 0 radical (unpaired) electrons. The summed E-state index contributed by atoms with van der Waals surface area (Å²) in [4.78, 5) is 0. The van der Waals surface area contributed by atoms with Gasteiger partial charge in [0.2, 0.25) is 0 Å². The molecule has 1 rings (SSSR count). The van der Waals surface area contributed by atoms with Crippen LogP contribution >= 0.6 is 0 Å². The molecule has 3 nitrogen and oxygen atoms in total. The van der Waals surface area contributed by atoms with Crippen molar-refractivity contribution >= 4 is 16.6 Å². The molecular weight excluding hydrogens is 392 g/mol. The van der Waals surface area contributed by atoms with Gasteiger partial charge in [-0.1, -0.05) is 48.6 Å². The second-order valence-corrected chi connectivity index (χ2v) is 14.9. The fourth-order valence-electron chi connectivity index (χ4n) is 3.25. The van der Waals surface area contributed by atoms with Gasteiger partial charge in [0, 0.05) is 0 Å². The third-order valence-electron chi connectivity index (χ3n) is 4.41. The molecule has 1 aromatic carbocycles. The van der Waals surface area contributed by atoms with Gasteiger partial charge in [0.25, 0.3) is 0 Å². The van der Waals surface area contributed by atoms with Crippen molar-refractivity contribution in [2.24, 2.45) is 0 Å². The van der Waals surface area contributed by atoms with Gasteiger partial charge in [0.15, 0.2) is 28.1 Å². The predicted molar refractivity (Wildman–Crippen MR) is 132 cm³/mol. The maximum Gasteiger partial charge on any atom is 0.191 e. The van der Waals surface area contributed by atoms with E-state index in [1.807, 2.05) is 36.5 Å². The number of benzene rings is 1. The van der Waals surface area contributed by atoms with Crippen LogP contribution in [0.15, 0.2) is 100 Å². The Hall–Kier alpha value is -2.35. The first-order valence-corrected chi connectivity index (χ1v) is 14.8. The SMILES string of the molecule is C=CC[Si](CC=C)(CC=C)O[Si](CC=C)(CC=C)CC=C.Oc1ccccc1O. The Kier molecular flexibility index (Phi) is 13.4. The number of aromatic hydroxyl groups is 2. The van der Waals surface area contributed by atoms with Gasteiger partial charge < -0.3 is 14.3 Å². The van der Waals surface area contributed by atoms with Crippen LogP contribution in [0, 0.1) is 0 Å². The lowest BCUT2D eigenvalue weighted by atomic mass is 10.3. The molecule has 0 unspecified atom stereocenters. The first-order valence-electron chi connectivity index (χ1n) is 9.70. The van der Waals surface area contributed by atoms with Crippen molar-refractivity contribution in [1.29, 1.82) is 0 Å². The van der Waals surface area contributed by atoms with Crippen LogP contribution in [-0.4, -0.2) is 26.8 Å². The average molecular weight is 429 g/mol. The third-order valence-corrected chi connectivity index (χ3v) is 14.1. The molecule has 0 bridgehead atoms. The molecule has 0 aliphatic rings. The predicted octanol–water partition coefficient (Wildman–Crippen LogP) is 7.11. The summed E-state index contributed by atoms with van der Waals surface area (Å²) in [5, 5.41) is 17.3. The summed E-state index contributed by atoms with van der Waals surface area (Å²) in [5.74, 6) is -0.153. The minimum atomic E-state index is -1.98. The summed E-state index contributed by atoms with van der Waals surface area (Å²) in [6.07, 6.45) is 11.9. The van der Waals surface area contributed by atoms with E-state index in [4.69, 9.17) is 14.3 Å². The van der Waals surface area contributed by atoms with Crippen LogP contribution in [0.4, 0.5) is 0 Å². The third kappa shape index (κ3) is 9.61. The van der Waals surface area contributed by atoms with Crippen molar-refractivity contribution in [2.75, 3.05) is 0 Å². The number of hydrogen-bond donors (Lipinski definition) is 2. The lowest BCUT2D eigenvalue weighted by Gasteiger charge is -2.40. The van der Waals surface area contributed by atoms with Crippen LogP contribution in [0.25, 0.3) is 0 Å². The first-order chi connectivity index (χ1) is 13.9. The van der Waals surface area contributed by atoms with Crippen molar-refractivity contribution in [3.8, 4) is 11.5 Å². The Labute approximate surface area is 179 Å². The Morgan fingerprint density at radius 2 is 0.828 bits per heavy atom. The zero-order valence-corrected chi connectivity index (χ0v) is 19.6. The van der Waals surface area contributed by atoms with Crippen LogP contribution in [0.2, 0.25) is 36.3 Å². The van der Waals surface area contributed by atoms with Crippen LogP contribution < -0.4 is 0 Å². The largest absolute Gasteiger partial charge is 0.504 e. The molecule has 0 fully saturated rings. The van der Waals surface area contributed by atoms with Crippen LogP contribution in [0.5, 0.6) is 11.5 Å². The molecule has 0 aromatic heterocycles. The van der Waals surface area contributed by atoms with Crippen molar-refractivity contribution < 1.29 is 14.3 Å². The summed E-state index contributed by atoms with van der Waals surface area (Å²) in [6, 6.07) is 11.7. The van der Waals surface area contributed by atoms with Crippen LogP contribution in [0.3, 0.4) is 0 Å². The zero-order valence-electron chi connectivity index (χ0n) is 17.6. The number of rotatable bonds is 14. The van der Waals surface area contributed by atoms with E-state index in [9.17, 15) is 0 Å². The van der Waals surface area contributed by atoms with Gasteiger partial charge in [-0.05, 0) is 48.4 Å². The van der Waals surface area contributed by atoms with Gasteiger partial charge in [-0.2, -0.15) is 0 Å². The molecule has 0 aliphatic carbocycles. The van der Waals surface area contributed by atoms with E-state index in [-0.39, 0.29) is 11.5 Å². The minimum Gasteiger partial charge on any atom is -0.504 e. The molecule has 0 spiro atoms. The van der Waals surface area contributed by atoms with Crippen molar-refractivity contribution in [3.05, 3.63) is 100 Å². The topological polar surface area (TPSA) is 49.7 Å². The molecule has 0 atom stereocenters. The Balaban J connectivity index is 0.000000807. The van der Waals surface area contributed by atoms with Crippen LogP contribution in [-0.2, 0) is 4.12 Å². The highest BCUT2D eigenvalue weighted by atomic mass is 28.4. The highest BCUT2D eigenvalue weighted by molar-refractivity contribution is 6.88. The summed E-state index contributed by atoms with van der Waals surface area (Å²) >= 11 is 0. The Morgan fingerprint density at radius 3 is 1.00 bits per heavy atom. The number of phenolic OH excluding ortho intramolecular Hbond substituents is 2. The van der Waals surface area contributed by atoms with E-state index in [1.165, 1.54) is 12.1 Å². The molecule has 0 aliphatic heterocycles. The fourth-order valence-corrected chi connectivity index (χ4v) is 13.1. The number of para-hydroxylation sites is 2. The standard InChI is InChI=1S/C18H30OSi2.C6H6O2/c1-7-13-20(14-8-2,15-9-3)19-21(16-10-4,17-11-5)18-12-6;7-5-3-1-2-4-6(5)8/h7-12H,1-6,13-18H2;1-4,7-8H. The molecule has 0 heterocycles. The monoisotopic (exact) mass is 428 g/mol. The fraction of sp³-hybridized carbons (Fsp3) is 0.250. The molecule has 0 saturated carbocycles. The van der Waals surface area contributed by atoms with Gasteiger partial charge >= 0.3 is 0 Å². The number of hydrogen-bond acceptors (Lipinski definition) is 3. The maximum absolute atomic E-state index is 8.67. The average Bonchev–Trinajstić information content (AvgIpc) is 2.66. The van der Waals surface area contributed by atoms with E-state index in [0.29, 0.717) is 0 Å². The van der Waals surface area contributed by atoms with Gasteiger partial charge in [0.05, 0.1) is 0 Å². The minimum absolute atomic E-state index is 0.0764.